The molecule has 1 N–H and O–H groups in total. The molecule has 0 atom stereocenters. The molecule has 2 rings (SSSR count). The molecule has 1 aromatic heterocycles. The normalized spacial score (nSPS) is 11.0. The van der Waals surface area contributed by atoms with E-state index in [2.05, 4.69) is 31.6 Å². The van der Waals surface area contributed by atoms with Gasteiger partial charge < -0.3 is 0 Å². The predicted octanol–water partition coefficient (Wildman–Crippen LogP) is 2.89. The number of nitrogens with zero attached hydrogens (tertiary/aromatic N) is 4. The molecule has 6 nitrogen and oxygen atoms in total. The number of halogens is 1. The average Bonchev–Trinajstić information content (AvgIpc) is 2.80. The molecule has 1 aromatic carbocycles. The van der Waals surface area contributed by atoms with Gasteiger partial charge in [-0.05, 0) is 48.0 Å². The molecule has 0 aliphatic heterocycles. The zero-order valence-electron chi connectivity index (χ0n) is 11.5. The summed E-state index contributed by atoms with van der Waals surface area (Å²) in [7, 11) is 0. The van der Waals surface area contributed by atoms with E-state index in [1.165, 1.54) is 4.68 Å². The monoisotopic (exact) mass is 345 g/mol. The summed E-state index contributed by atoms with van der Waals surface area (Å²) in [6.07, 6.45) is 0. The lowest BCUT2D eigenvalue weighted by Crippen LogP contribution is -2.23. The number of benzene rings is 1. The fourth-order valence-corrected chi connectivity index (χ4v) is 2.10. The summed E-state index contributed by atoms with van der Waals surface area (Å²) in [4.78, 5) is 12.2. The SMILES string of the molecule is Cc1cc(C)n(C(=O)C(C#N)=NNc2ccccc2Br)n1. The summed E-state index contributed by atoms with van der Waals surface area (Å²) in [6, 6.07) is 10.8. The Labute approximate surface area is 130 Å². The standard InChI is InChI=1S/C14H12BrN5O/c1-9-7-10(2)20(19-9)14(21)13(8-16)18-17-12-6-4-3-5-11(12)15/h3-7,17H,1-2H3. The summed E-state index contributed by atoms with van der Waals surface area (Å²) >= 11 is 3.35. The van der Waals surface area contributed by atoms with Gasteiger partial charge in [-0.3, -0.25) is 10.2 Å². The summed E-state index contributed by atoms with van der Waals surface area (Å²) in [5.41, 5.74) is 4.45. The van der Waals surface area contributed by atoms with Crippen molar-refractivity contribution in [3.8, 4) is 6.07 Å². The third kappa shape index (κ3) is 3.35. The van der Waals surface area contributed by atoms with Crippen molar-refractivity contribution in [3.63, 3.8) is 0 Å². The van der Waals surface area contributed by atoms with E-state index in [1.54, 1.807) is 32.0 Å². The van der Waals surface area contributed by atoms with Gasteiger partial charge in [0, 0.05) is 10.2 Å². The molecule has 1 heterocycles. The molecule has 0 spiro atoms. The van der Waals surface area contributed by atoms with Crippen molar-refractivity contribution in [1.29, 1.82) is 5.26 Å². The van der Waals surface area contributed by atoms with Gasteiger partial charge in [-0.15, -0.1) is 0 Å². The molecule has 0 amide bonds. The second-order valence-corrected chi connectivity index (χ2v) is 5.16. The van der Waals surface area contributed by atoms with Crippen LogP contribution in [0.25, 0.3) is 0 Å². The van der Waals surface area contributed by atoms with E-state index in [1.807, 2.05) is 18.2 Å². The van der Waals surface area contributed by atoms with Crippen LogP contribution in [0.1, 0.15) is 16.2 Å². The van der Waals surface area contributed by atoms with Gasteiger partial charge in [0.2, 0.25) is 5.71 Å². The van der Waals surface area contributed by atoms with Gasteiger partial charge in [0.1, 0.15) is 6.07 Å². The molecule has 0 radical (unpaired) electrons. The van der Waals surface area contributed by atoms with Gasteiger partial charge in [-0.25, -0.2) is 0 Å². The lowest BCUT2D eigenvalue weighted by molar-refractivity contribution is 0.0974. The first-order valence-electron chi connectivity index (χ1n) is 6.09. The van der Waals surface area contributed by atoms with E-state index >= 15 is 0 Å². The Morgan fingerprint density at radius 2 is 2.14 bits per heavy atom. The first kappa shape index (κ1) is 14.9. The molecular formula is C14H12BrN5O. The van der Waals surface area contributed by atoms with Gasteiger partial charge in [-0.1, -0.05) is 12.1 Å². The number of nitriles is 1. The molecule has 0 saturated heterocycles. The van der Waals surface area contributed by atoms with Crippen LogP contribution in [0.4, 0.5) is 5.69 Å². The Kier molecular flexibility index (Phi) is 4.50. The van der Waals surface area contributed by atoms with E-state index < -0.39 is 5.91 Å². The number of carbonyl (C=O) groups excluding carboxylic acids is 1. The van der Waals surface area contributed by atoms with Gasteiger partial charge in [-0.2, -0.15) is 20.1 Å². The third-order valence-corrected chi connectivity index (χ3v) is 3.36. The minimum atomic E-state index is -0.567. The molecule has 0 unspecified atom stereocenters. The molecule has 106 valence electrons. The van der Waals surface area contributed by atoms with E-state index in [-0.39, 0.29) is 5.71 Å². The number of aryl methyl sites for hydroxylation is 2. The van der Waals surface area contributed by atoms with Crippen LogP contribution in [0.2, 0.25) is 0 Å². The van der Waals surface area contributed by atoms with E-state index in [0.29, 0.717) is 17.1 Å². The first-order chi connectivity index (χ1) is 10.0. The van der Waals surface area contributed by atoms with Crippen molar-refractivity contribution < 1.29 is 4.79 Å². The summed E-state index contributed by atoms with van der Waals surface area (Å²) in [5, 5.41) is 17.0. The third-order valence-electron chi connectivity index (χ3n) is 2.67. The fraction of sp³-hybridized carbons (Fsp3) is 0.143. The largest absolute Gasteiger partial charge is 0.309 e. The number of hydrogen-bond acceptors (Lipinski definition) is 5. The van der Waals surface area contributed by atoms with Crippen LogP contribution < -0.4 is 5.43 Å². The minimum Gasteiger partial charge on any atom is -0.276 e. The number of hydrazone groups is 1. The molecule has 7 heteroatoms. The Morgan fingerprint density at radius 1 is 1.43 bits per heavy atom. The summed E-state index contributed by atoms with van der Waals surface area (Å²) < 4.78 is 1.95. The first-order valence-corrected chi connectivity index (χ1v) is 6.88. The zero-order valence-corrected chi connectivity index (χ0v) is 13.0. The molecule has 21 heavy (non-hydrogen) atoms. The molecule has 0 aliphatic carbocycles. The van der Waals surface area contributed by atoms with Crippen LogP contribution in [0.15, 0.2) is 39.9 Å². The van der Waals surface area contributed by atoms with Crippen molar-refractivity contribution in [3.05, 3.63) is 46.2 Å². The number of aromatic nitrogens is 2. The quantitative estimate of drug-likeness (QED) is 0.684. The Hall–Kier alpha value is -2.46. The van der Waals surface area contributed by atoms with Crippen LogP contribution in [0.3, 0.4) is 0 Å². The maximum absolute atomic E-state index is 12.2. The van der Waals surface area contributed by atoms with Gasteiger partial charge >= 0.3 is 5.91 Å². The Morgan fingerprint density at radius 3 is 2.71 bits per heavy atom. The molecule has 0 saturated carbocycles. The van der Waals surface area contributed by atoms with Gasteiger partial charge in [0.25, 0.3) is 0 Å². The number of carbonyl (C=O) groups is 1. The predicted molar refractivity (Wildman–Crippen MR) is 83.1 cm³/mol. The Bertz CT molecular complexity index is 757. The van der Waals surface area contributed by atoms with Crippen LogP contribution in [0.5, 0.6) is 0 Å². The lowest BCUT2D eigenvalue weighted by atomic mass is 10.3. The van der Waals surface area contributed by atoms with Crippen molar-refractivity contribution >= 4 is 33.2 Å². The molecule has 2 aromatic rings. The van der Waals surface area contributed by atoms with Crippen LogP contribution >= 0.6 is 15.9 Å². The zero-order chi connectivity index (χ0) is 15.4. The van der Waals surface area contributed by atoms with E-state index in [0.717, 1.165) is 4.47 Å². The second-order valence-electron chi connectivity index (χ2n) is 4.31. The number of hydrogen-bond donors (Lipinski definition) is 1. The highest BCUT2D eigenvalue weighted by Gasteiger charge is 2.17. The smallest absolute Gasteiger partial charge is 0.276 e. The van der Waals surface area contributed by atoms with E-state index in [4.69, 9.17) is 5.26 Å². The van der Waals surface area contributed by atoms with Crippen LogP contribution in [0, 0.1) is 25.2 Å². The van der Waals surface area contributed by atoms with Crippen molar-refractivity contribution in [2.45, 2.75) is 13.8 Å². The summed E-state index contributed by atoms with van der Waals surface area (Å²) in [6.45, 7) is 3.52. The summed E-state index contributed by atoms with van der Waals surface area (Å²) in [5.74, 6) is -0.567. The van der Waals surface area contributed by atoms with Crippen molar-refractivity contribution in [2.24, 2.45) is 5.10 Å². The molecule has 0 bridgehead atoms. The van der Waals surface area contributed by atoms with Crippen molar-refractivity contribution in [1.82, 2.24) is 9.78 Å². The van der Waals surface area contributed by atoms with Crippen LogP contribution in [-0.4, -0.2) is 21.4 Å². The van der Waals surface area contributed by atoms with Crippen LogP contribution in [-0.2, 0) is 0 Å². The number of anilines is 1. The van der Waals surface area contributed by atoms with Gasteiger partial charge in [0.05, 0.1) is 11.4 Å². The lowest BCUT2D eigenvalue weighted by Gasteiger charge is -2.04. The fourth-order valence-electron chi connectivity index (χ4n) is 1.72. The minimum absolute atomic E-state index is 0.267. The van der Waals surface area contributed by atoms with E-state index in [9.17, 15) is 4.79 Å². The topological polar surface area (TPSA) is 83.1 Å². The highest BCUT2D eigenvalue weighted by Crippen LogP contribution is 2.21. The van der Waals surface area contributed by atoms with Gasteiger partial charge in [0.15, 0.2) is 0 Å². The molecular weight excluding hydrogens is 334 g/mol. The average molecular weight is 346 g/mol. The maximum Gasteiger partial charge on any atom is 0.309 e. The highest BCUT2D eigenvalue weighted by atomic mass is 79.9. The number of rotatable bonds is 3. The Balaban J connectivity index is 2.26. The maximum atomic E-state index is 12.2. The molecule has 0 fully saturated rings. The number of para-hydroxylation sites is 1. The number of nitrogens with one attached hydrogen (secondary N) is 1. The van der Waals surface area contributed by atoms with Crippen molar-refractivity contribution in [2.75, 3.05) is 5.43 Å². The second kappa shape index (κ2) is 6.33. The molecule has 0 aliphatic rings. The highest BCUT2D eigenvalue weighted by molar-refractivity contribution is 9.10.